The number of carbonyl (C=O) groups is 1. The molecule has 1 rings (SSSR count). The summed E-state index contributed by atoms with van der Waals surface area (Å²) in [5.41, 5.74) is 6.59. The van der Waals surface area contributed by atoms with Gasteiger partial charge in [-0.05, 0) is 12.1 Å². The molecule has 4 heteroatoms. The third-order valence-electron chi connectivity index (χ3n) is 2.03. The van der Waals surface area contributed by atoms with E-state index in [1.165, 1.54) is 7.11 Å². The molecule has 0 spiro atoms. The van der Waals surface area contributed by atoms with Crippen LogP contribution in [-0.2, 0) is 0 Å². The van der Waals surface area contributed by atoms with Crippen LogP contribution >= 0.6 is 0 Å². The highest BCUT2D eigenvalue weighted by atomic mass is 16.5. The molecule has 84 valence electrons. The van der Waals surface area contributed by atoms with Crippen LogP contribution in [0.4, 0.5) is 5.69 Å². The number of ether oxygens (including phenoxy) is 1. The number of hydrogen-bond donors (Lipinski definition) is 2. The monoisotopic (exact) mass is 218 g/mol. The van der Waals surface area contributed by atoms with Crippen molar-refractivity contribution >= 4 is 11.6 Å². The smallest absolute Gasteiger partial charge is 0.255 e. The molecule has 1 aromatic carbocycles. The fourth-order valence-electron chi connectivity index (χ4n) is 1.24. The van der Waals surface area contributed by atoms with E-state index in [9.17, 15) is 4.79 Å². The van der Waals surface area contributed by atoms with Gasteiger partial charge in [-0.2, -0.15) is 0 Å². The summed E-state index contributed by atoms with van der Waals surface area (Å²) in [7, 11) is 1.49. The van der Waals surface area contributed by atoms with Crippen LogP contribution in [0.5, 0.6) is 5.75 Å². The average molecular weight is 218 g/mol. The second kappa shape index (κ2) is 5.66. The van der Waals surface area contributed by atoms with Gasteiger partial charge in [-0.3, -0.25) is 4.79 Å². The van der Waals surface area contributed by atoms with E-state index in [2.05, 4.69) is 11.2 Å². The number of nitrogens with one attached hydrogen (secondary N) is 1. The molecule has 0 aliphatic heterocycles. The number of rotatable bonds is 4. The van der Waals surface area contributed by atoms with E-state index < -0.39 is 0 Å². The lowest BCUT2D eigenvalue weighted by Gasteiger charge is -2.09. The lowest BCUT2D eigenvalue weighted by Crippen LogP contribution is -2.24. The first-order valence-electron chi connectivity index (χ1n) is 4.84. The van der Waals surface area contributed by atoms with Crippen LogP contribution < -0.4 is 15.8 Å². The van der Waals surface area contributed by atoms with E-state index in [1.807, 2.05) is 0 Å². The first kappa shape index (κ1) is 11.9. The van der Waals surface area contributed by atoms with Crippen LogP contribution in [0, 0.1) is 12.3 Å². The van der Waals surface area contributed by atoms with Crippen LogP contribution in [0.2, 0.25) is 0 Å². The Labute approximate surface area is 94.8 Å². The van der Waals surface area contributed by atoms with E-state index in [1.54, 1.807) is 18.2 Å². The van der Waals surface area contributed by atoms with Crippen LogP contribution in [0.3, 0.4) is 0 Å². The number of anilines is 1. The summed E-state index contributed by atoms with van der Waals surface area (Å²) in [6, 6.07) is 4.88. The number of nitrogens with two attached hydrogens (primary N) is 1. The molecule has 0 atom stereocenters. The Bertz CT molecular complexity index is 422. The molecule has 1 amide bonds. The highest BCUT2D eigenvalue weighted by molar-refractivity contribution is 5.97. The average Bonchev–Trinajstić information content (AvgIpc) is 2.29. The molecule has 4 nitrogen and oxygen atoms in total. The molecule has 0 heterocycles. The maximum Gasteiger partial charge on any atom is 0.255 e. The van der Waals surface area contributed by atoms with Gasteiger partial charge in [0.15, 0.2) is 0 Å². The van der Waals surface area contributed by atoms with Gasteiger partial charge < -0.3 is 15.8 Å². The van der Waals surface area contributed by atoms with Crippen molar-refractivity contribution in [1.29, 1.82) is 0 Å². The molecule has 1 aromatic rings. The normalized spacial score (nSPS) is 9.25. The number of amides is 1. The first-order valence-corrected chi connectivity index (χ1v) is 4.84. The van der Waals surface area contributed by atoms with Crippen molar-refractivity contribution in [1.82, 2.24) is 5.32 Å². The van der Waals surface area contributed by atoms with E-state index >= 15 is 0 Å². The van der Waals surface area contributed by atoms with Crippen LogP contribution in [0.25, 0.3) is 0 Å². The zero-order valence-electron chi connectivity index (χ0n) is 9.12. The first-order chi connectivity index (χ1) is 7.69. The fourth-order valence-corrected chi connectivity index (χ4v) is 1.24. The van der Waals surface area contributed by atoms with Gasteiger partial charge in [0, 0.05) is 24.7 Å². The molecule has 0 unspecified atom stereocenters. The van der Waals surface area contributed by atoms with Gasteiger partial charge >= 0.3 is 0 Å². The molecule has 0 bridgehead atoms. The molecule has 0 aromatic heterocycles. The van der Waals surface area contributed by atoms with Crippen LogP contribution in [-0.4, -0.2) is 19.6 Å². The number of hydrogen-bond acceptors (Lipinski definition) is 3. The minimum Gasteiger partial charge on any atom is -0.496 e. The van der Waals surface area contributed by atoms with Gasteiger partial charge in [0.2, 0.25) is 0 Å². The van der Waals surface area contributed by atoms with Crippen molar-refractivity contribution in [2.75, 3.05) is 19.4 Å². The minimum atomic E-state index is -0.216. The zero-order chi connectivity index (χ0) is 12.0. The summed E-state index contributed by atoms with van der Waals surface area (Å²) in [5, 5.41) is 2.69. The molecule has 3 N–H and O–H groups in total. The zero-order valence-corrected chi connectivity index (χ0v) is 9.12. The van der Waals surface area contributed by atoms with E-state index in [-0.39, 0.29) is 5.91 Å². The molecule has 0 aliphatic carbocycles. The maximum absolute atomic E-state index is 11.7. The summed E-state index contributed by atoms with van der Waals surface area (Å²) in [6.07, 6.45) is 5.59. The largest absolute Gasteiger partial charge is 0.496 e. The predicted octanol–water partition coefficient (Wildman–Crippen LogP) is 1.03. The summed E-state index contributed by atoms with van der Waals surface area (Å²) in [4.78, 5) is 11.7. The van der Waals surface area contributed by atoms with Gasteiger partial charge in [0.05, 0.1) is 12.7 Å². The number of carbonyl (C=O) groups excluding carboxylic acids is 1. The molecular weight excluding hydrogens is 204 g/mol. The molecule has 0 saturated carbocycles. The van der Waals surface area contributed by atoms with E-state index in [0.717, 1.165) is 0 Å². The molecular formula is C12H14N2O2. The Morgan fingerprint density at radius 3 is 3.00 bits per heavy atom. The van der Waals surface area contributed by atoms with Crippen LogP contribution in [0.1, 0.15) is 16.8 Å². The van der Waals surface area contributed by atoms with Gasteiger partial charge in [-0.25, -0.2) is 0 Å². The topological polar surface area (TPSA) is 64.4 Å². The van der Waals surface area contributed by atoms with E-state index in [4.69, 9.17) is 16.9 Å². The number of nitrogen functional groups attached to an aromatic ring is 1. The second-order valence-electron chi connectivity index (χ2n) is 3.17. The van der Waals surface area contributed by atoms with Gasteiger partial charge in [-0.1, -0.05) is 0 Å². The van der Waals surface area contributed by atoms with Crippen molar-refractivity contribution < 1.29 is 9.53 Å². The van der Waals surface area contributed by atoms with Crippen molar-refractivity contribution in [2.24, 2.45) is 0 Å². The predicted molar refractivity (Wildman–Crippen MR) is 63.2 cm³/mol. The van der Waals surface area contributed by atoms with Crippen molar-refractivity contribution in [2.45, 2.75) is 6.42 Å². The molecule has 0 saturated heterocycles. The summed E-state index contributed by atoms with van der Waals surface area (Å²) >= 11 is 0. The van der Waals surface area contributed by atoms with Crippen molar-refractivity contribution in [3.8, 4) is 18.1 Å². The van der Waals surface area contributed by atoms with Gasteiger partial charge in [-0.15, -0.1) is 12.3 Å². The summed E-state index contributed by atoms with van der Waals surface area (Å²) in [6.45, 7) is 0.447. The van der Waals surface area contributed by atoms with Crippen molar-refractivity contribution in [3.63, 3.8) is 0 Å². The Balaban J connectivity index is 2.79. The maximum atomic E-state index is 11.7. The minimum absolute atomic E-state index is 0.216. The third kappa shape index (κ3) is 2.92. The van der Waals surface area contributed by atoms with Crippen molar-refractivity contribution in [3.05, 3.63) is 23.8 Å². The Kier molecular flexibility index (Phi) is 4.22. The lowest BCUT2D eigenvalue weighted by molar-refractivity contribution is 0.0951. The summed E-state index contributed by atoms with van der Waals surface area (Å²) < 4.78 is 5.07. The fraction of sp³-hybridized carbons (Fsp3) is 0.250. The molecule has 0 radical (unpaired) electrons. The highest BCUT2D eigenvalue weighted by Gasteiger charge is 2.11. The number of terminal acetylenes is 1. The molecule has 0 aliphatic rings. The molecule has 16 heavy (non-hydrogen) atoms. The standard InChI is InChI=1S/C12H14N2O2/c1-3-4-7-14-12(15)10-6-5-9(13)8-11(10)16-2/h1,5-6,8H,4,7,13H2,2H3,(H,14,15). The Hall–Kier alpha value is -2.15. The quantitative estimate of drug-likeness (QED) is 0.450. The third-order valence-corrected chi connectivity index (χ3v) is 2.03. The van der Waals surface area contributed by atoms with Gasteiger partial charge in [0.1, 0.15) is 5.75 Å². The van der Waals surface area contributed by atoms with E-state index in [0.29, 0.717) is 30.0 Å². The summed E-state index contributed by atoms with van der Waals surface area (Å²) in [5.74, 6) is 2.69. The number of methoxy groups -OCH3 is 1. The Morgan fingerprint density at radius 2 is 2.38 bits per heavy atom. The molecule has 0 fully saturated rings. The second-order valence-corrected chi connectivity index (χ2v) is 3.17. The number of benzene rings is 1. The SMILES string of the molecule is C#CCCNC(=O)c1ccc(N)cc1OC. The Morgan fingerprint density at radius 1 is 1.62 bits per heavy atom. The van der Waals surface area contributed by atoms with Crippen LogP contribution in [0.15, 0.2) is 18.2 Å². The lowest BCUT2D eigenvalue weighted by atomic mass is 10.1. The van der Waals surface area contributed by atoms with Gasteiger partial charge in [0.25, 0.3) is 5.91 Å². The highest BCUT2D eigenvalue weighted by Crippen LogP contribution is 2.21.